The molecule has 0 bridgehead atoms. The van der Waals surface area contributed by atoms with Crippen molar-refractivity contribution in [3.8, 4) is 0 Å². The van der Waals surface area contributed by atoms with Crippen LogP contribution in [0.4, 0.5) is 14.5 Å². The molecule has 0 atom stereocenters. The van der Waals surface area contributed by atoms with Gasteiger partial charge in [-0.3, -0.25) is 0 Å². The van der Waals surface area contributed by atoms with E-state index in [-0.39, 0.29) is 11.9 Å². The first-order valence-corrected chi connectivity index (χ1v) is 5.34. The molecule has 92 valence electrons. The fraction of sp³-hybridized carbons (Fsp3) is 0.111. The van der Waals surface area contributed by atoms with Crippen molar-refractivity contribution in [1.29, 1.82) is 0 Å². The average Bonchev–Trinajstić information content (AvgIpc) is 2.14. The number of halogens is 2. The van der Waals surface area contributed by atoms with Crippen molar-refractivity contribution in [2.45, 2.75) is 10.7 Å². The summed E-state index contributed by atoms with van der Waals surface area (Å²) in [6, 6.07) is 6.20. The number of thioether (sulfide) groups is 1. The highest BCUT2D eigenvalue weighted by molar-refractivity contribution is 7.99. The van der Waals surface area contributed by atoms with Crippen LogP contribution >= 0.6 is 11.8 Å². The van der Waals surface area contributed by atoms with Gasteiger partial charge in [-0.25, -0.2) is 4.99 Å². The van der Waals surface area contributed by atoms with Crippen molar-refractivity contribution in [2.75, 3.05) is 0 Å². The topological polar surface area (TPSA) is 103 Å². The molecule has 0 aliphatic heterocycles. The van der Waals surface area contributed by atoms with E-state index in [1.54, 1.807) is 18.2 Å². The van der Waals surface area contributed by atoms with Gasteiger partial charge in [0.1, 0.15) is 0 Å². The Hall–Kier alpha value is -1.83. The number of hydrogen-bond donors (Lipinski definition) is 3. The Morgan fingerprint density at radius 2 is 1.94 bits per heavy atom. The molecule has 6 N–H and O–H groups in total. The largest absolute Gasteiger partial charge is 0.370 e. The van der Waals surface area contributed by atoms with Gasteiger partial charge >= 0.3 is 0 Å². The van der Waals surface area contributed by atoms with Crippen molar-refractivity contribution in [3.63, 3.8) is 0 Å². The summed E-state index contributed by atoms with van der Waals surface area (Å²) in [6.45, 7) is 0. The number of nitrogens with two attached hydrogens (primary N) is 3. The van der Waals surface area contributed by atoms with E-state index in [0.717, 1.165) is 0 Å². The summed E-state index contributed by atoms with van der Waals surface area (Å²) < 4.78 is 24.3. The van der Waals surface area contributed by atoms with Crippen LogP contribution in [0.3, 0.4) is 0 Å². The van der Waals surface area contributed by atoms with E-state index in [0.29, 0.717) is 22.3 Å². The molecule has 0 spiro atoms. The van der Waals surface area contributed by atoms with Crippen LogP contribution in [0.1, 0.15) is 0 Å². The second-order valence-corrected chi connectivity index (χ2v) is 3.95. The predicted octanol–water partition coefficient (Wildman–Crippen LogP) is 1.22. The average molecular weight is 259 g/mol. The van der Waals surface area contributed by atoms with Crippen molar-refractivity contribution in [2.24, 2.45) is 27.2 Å². The minimum absolute atomic E-state index is 0.135. The van der Waals surface area contributed by atoms with E-state index in [9.17, 15) is 8.78 Å². The molecule has 0 fully saturated rings. The first-order valence-electron chi connectivity index (χ1n) is 4.46. The molecule has 0 radical (unpaired) electrons. The van der Waals surface area contributed by atoms with Crippen molar-refractivity contribution in [3.05, 3.63) is 24.3 Å². The lowest BCUT2D eigenvalue weighted by molar-refractivity contribution is 0.252. The molecule has 0 aliphatic carbocycles. The number of alkyl halides is 2. The zero-order chi connectivity index (χ0) is 12.8. The molecule has 1 aromatic rings. The maximum absolute atomic E-state index is 12.1. The van der Waals surface area contributed by atoms with Gasteiger partial charge in [-0.05, 0) is 18.2 Å². The van der Waals surface area contributed by atoms with Crippen LogP contribution in [0.15, 0.2) is 39.1 Å². The standard InChI is InChI=1S/C9H11F2N5S/c10-7(11)17-6-3-1-2-5(4-6)15-9(14)16-8(12)13/h1-4,7H,(H6,12,13,14,15,16). The van der Waals surface area contributed by atoms with Crippen LogP contribution in [0, 0.1) is 0 Å². The summed E-state index contributed by atoms with van der Waals surface area (Å²) in [4.78, 5) is 7.75. The van der Waals surface area contributed by atoms with E-state index in [1.807, 2.05) is 0 Å². The van der Waals surface area contributed by atoms with Gasteiger partial charge < -0.3 is 17.2 Å². The maximum Gasteiger partial charge on any atom is 0.288 e. The van der Waals surface area contributed by atoms with Crippen molar-refractivity contribution < 1.29 is 8.78 Å². The van der Waals surface area contributed by atoms with Crippen LogP contribution in [0.25, 0.3) is 0 Å². The normalized spacial score (nSPS) is 11.6. The Kier molecular flexibility index (Phi) is 4.70. The smallest absolute Gasteiger partial charge is 0.288 e. The molecule has 8 heteroatoms. The molecule has 0 unspecified atom stereocenters. The summed E-state index contributed by atoms with van der Waals surface area (Å²) >= 11 is 0.425. The van der Waals surface area contributed by atoms with Gasteiger partial charge in [-0.1, -0.05) is 17.8 Å². The third-order valence-electron chi connectivity index (χ3n) is 1.53. The fourth-order valence-corrected chi connectivity index (χ4v) is 1.57. The van der Waals surface area contributed by atoms with Gasteiger partial charge in [0.15, 0.2) is 5.96 Å². The van der Waals surface area contributed by atoms with E-state index < -0.39 is 5.76 Å². The second kappa shape index (κ2) is 6.04. The highest BCUT2D eigenvalue weighted by Crippen LogP contribution is 2.28. The molecule has 0 aromatic heterocycles. The van der Waals surface area contributed by atoms with Gasteiger partial charge in [0.05, 0.1) is 5.69 Å². The molecule has 5 nitrogen and oxygen atoms in total. The van der Waals surface area contributed by atoms with Gasteiger partial charge in [-0.2, -0.15) is 13.8 Å². The molecule has 0 saturated heterocycles. The second-order valence-electron chi connectivity index (χ2n) is 2.88. The van der Waals surface area contributed by atoms with Crippen LogP contribution in [0.5, 0.6) is 0 Å². The Balaban J connectivity index is 2.88. The van der Waals surface area contributed by atoms with E-state index in [4.69, 9.17) is 17.2 Å². The van der Waals surface area contributed by atoms with Crippen LogP contribution < -0.4 is 17.2 Å². The van der Waals surface area contributed by atoms with Crippen molar-refractivity contribution >= 4 is 29.4 Å². The van der Waals surface area contributed by atoms with Gasteiger partial charge in [0.25, 0.3) is 5.76 Å². The van der Waals surface area contributed by atoms with Crippen LogP contribution in [-0.2, 0) is 0 Å². The van der Waals surface area contributed by atoms with Crippen LogP contribution in [-0.4, -0.2) is 17.7 Å². The number of benzene rings is 1. The predicted molar refractivity (Wildman–Crippen MR) is 65.4 cm³/mol. The number of hydrogen-bond acceptors (Lipinski definition) is 2. The molecule has 17 heavy (non-hydrogen) atoms. The Morgan fingerprint density at radius 1 is 1.24 bits per heavy atom. The van der Waals surface area contributed by atoms with Gasteiger partial charge in [0.2, 0.25) is 5.96 Å². The van der Waals surface area contributed by atoms with Gasteiger partial charge in [-0.15, -0.1) is 0 Å². The third-order valence-corrected chi connectivity index (χ3v) is 2.23. The van der Waals surface area contributed by atoms with E-state index in [1.165, 1.54) is 6.07 Å². The van der Waals surface area contributed by atoms with E-state index >= 15 is 0 Å². The zero-order valence-corrected chi connectivity index (χ0v) is 9.49. The van der Waals surface area contributed by atoms with Crippen molar-refractivity contribution in [1.82, 2.24) is 0 Å². The summed E-state index contributed by atoms with van der Waals surface area (Å²) in [7, 11) is 0. The molecule has 0 amide bonds. The molecule has 1 rings (SSSR count). The zero-order valence-electron chi connectivity index (χ0n) is 8.68. The molecular weight excluding hydrogens is 248 g/mol. The lowest BCUT2D eigenvalue weighted by Gasteiger charge is -2.01. The molecule has 0 heterocycles. The quantitative estimate of drug-likeness (QED) is 0.431. The maximum atomic E-state index is 12.1. The summed E-state index contributed by atoms with van der Waals surface area (Å²) in [5.41, 5.74) is 16.0. The summed E-state index contributed by atoms with van der Waals surface area (Å²) in [5.74, 6) is -2.84. The highest BCUT2D eigenvalue weighted by atomic mass is 32.2. The van der Waals surface area contributed by atoms with Crippen LogP contribution in [0.2, 0.25) is 0 Å². The lowest BCUT2D eigenvalue weighted by Crippen LogP contribution is -2.26. The van der Waals surface area contributed by atoms with E-state index in [2.05, 4.69) is 9.98 Å². The lowest BCUT2D eigenvalue weighted by atomic mass is 10.3. The highest BCUT2D eigenvalue weighted by Gasteiger charge is 2.05. The monoisotopic (exact) mass is 259 g/mol. The summed E-state index contributed by atoms with van der Waals surface area (Å²) in [6.07, 6.45) is 0. The molecule has 1 aromatic carbocycles. The SMILES string of the molecule is NC(N)=NC(N)=Nc1cccc(SC(F)F)c1. The Bertz CT molecular complexity index is 443. The fourth-order valence-electron chi connectivity index (χ4n) is 1.02. The number of rotatable bonds is 3. The Labute approximate surface area is 101 Å². The first-order chi connectivity index (χ1) is 7.97. The van der Waals surface area contributed by atoms with Gasteiger partial charge in [0, 0.05) is 4.90 Å². The number of guanidine groups is 2. The Morgan fingerprint density at radius 3 is 2.53 bits per heavy atom. The molecular formula is C9H11F2N5S. The molecule has 0 saturated carbocycles. The minimum Gasteiger partial charge on any atom is -0.370 e. The first kappa shape index (κ1) is 13.2. The molecule has 0 aliphatic rings. The number of nitrogens with zero attached hydrogens (tertiary/aromatic N) is 2. The number of aliphatic imine (C=N–C) groups is 2. The minimum atomic E-state index is -2.48. The summed E-state index contributed by atoms with van der Waals surface area (Å²) in [5, 5.41) is 0. The third kappa shape index (κ3) is 5.16.